The van der Waals surface area contributed by atoms with Gasteiger partial charge in [-0.15, -0.1) is 5.10 Å². The van der Waals surface area contributed by atoms with Gasteiger partial charge in [-0.2, -0.15) is 0 Å². The van der Waals surface area contributed by atoms with Gasteiger partial charge in [0.25, 0.3) is 11.8 Å². The molecule has 202 valence electrons. The van der Waals surface area contributed by atoms with E-state index >= 15 is 0 Å². The molecular formula is C29H27N7O4. The zero-order valence-electron chi connectivity index (χ0n) is 21.6. The SMILES string of the molecule is O=C(NCC1CCOCC1)c1ncccc1NC(=O)c1ccc(COn2nnc3cccnc32)c2ccccc12. The fourth-order valence-corrected chi connectivity index (χ4v) is 4.80. The summed E-state index contributed by atoms with van der Waals surface area (Å²) in [6.45, 7) is 2.15. The number of rotatable bonds is 8. The Morgan fingerprint density at radius 1 is 0.925 bits per heavy atom. The van der Waals surface area contributed by atoms with Crippen molar-refractivity contribution in [3.63, 3.8) is 0 Å². The van der Waals surface area contributed by atoms with Gasteiger partial charge in [0.1, 0.15) is 12.1 Å². The molecule has 0 saturated carbocycles. The number of carbonyl (C=O) groups is 2. The van der Waals surface area contributed by atoms with Gasteiger partial charge in [0, 0.05) is 37.7 Å². The highest BCUT2D eigenvalue weighted by Crippen LogP contribution is 2.25. The maximum absolute atomic E-state index is 13.5. The lowest BCUT2D eigenvalue weighted by Gasteiger charge is -2.22. The van der Waals surface area contributed by atoms with Crippen LogP contribution < -0.4 is 15.5 Å². The Labute approximate surface area is 229 Å². The van der Waals surface area contributed by atoms with Crippen molar-refractivity contribution in [2.75, 3.05) is 25.1 Å². The van der Waals surface area contributed by atoms with Crippen molar-refractivity contribution in [1.29, 1.82) is 0 Å². The molecule has 1 aliphatic rings. The molecule has 1 fully saturated rings. The second-order valence-corrected chi connectivity index (χ2v) is 9.52. The summed E-state index contributed by atoms with van der Waals surface area (Å²) >= 11 is 0. The lowest BCUT2D eigenvalue weighted by molar-refractivity contribution is 0.0642. The fraction of sp³-hybridized carbons (Fsp3) is 0.241. The Morgan fingerprint density at radius 3 is 2.60 bits per heavy atom. The van der Waals surface area contributed by atoms with Crippen molar-refractivity contribution in [2.45, 2.75) is 19.4 Å². The van der Waals surface area contributed by atoms with Crippen LogP contribution in [0.25, 0.3) is 21.9 Å². The number of nitrogens with one attached hydrogen (secondary N) is 2. The number of nitrogens with zero attached hydrogens (tertiary/aromatic N) is 5. The highest BCUT2D eigenvalue weighted by atomic mass is 16.7. The number of benzene rings is 2. The summed E-state index contributed by atoms with van der Waals surface area (Å²) in [6, 6.07) is 18.1. The summed E-state index contributed by atoms with van der Waals surface area (Å²) < 4.78 is 5.39. The molecular weight excluding hydrogens is 510 g/mol. The lowest BCUT2D eigenvalue weighted by Crippen LogP contribution is -2.33. The Bertz CT molecular complexity index is 1680. The topological polar surface area (TPSA) is 133 Å². The predicted molar refractivity (Wildman–Crippen MR) is 148 cm³/mol. The zero-order chi connectivity index (χ0) is 27.3. The number of anilines is 1. The van der Waals surface area contributed by atoms with Gasteiger partial charge in [-0.3, -0.25) is 9.59 Å². The molecule has 0 radical (unpaired) electrons. The molecule has 0 aliphatic carbocycles. The Balaban J connectivity index is 1.20. The number of hydrogen-bond acceptors (Lipinski definition) is 8. The Hall–Kier alpha value is -4.90. The summed E-state index contributed by atoms with van der Waals surface area (Å²) in [5.41, 5.74) is 2.99. The first kappa shape index (κ1) is 25.4. The van der Waals surface area contributed by atoms with Crippen molar-refractivity contribution in [3.05, 3.63) is 89.9 Å². The average molecular weight is 538 g/mol. The van der Waals surface area contributed by atoms with Crippen LogP contribution >= 0.6 is 0 Å². The first-order valence-electron chi connectivity index (χ1n) is 13.1. The van der Waals surface area contributed by atoms with Crippen LogP contribution in [0.2, 0.25) is 0 Å². The van der Waals surface area contributed by atoms with Gasteiger partial charge in [0.2, 0.25) is 5.65 Å². The summed E-state index contributed by atoms with van der Waals surface area (Å²) in [7, 11) is 0. The van der Waals surface area contributed by atoms with Crippen LogP contribution in [0, 0.1) is 5.92 Å². The molecule has 0 bridgehead atoms. The fourth-order valence-electron chi connectivity index (χ4n) is 4.80. The molecule has 2 amide bonds. The third-order valence-electron chi connectivity index (χ3n) is 6.95. The van der Waals surface area contributed by atoms with Gasteiger partial charge in [0.05, 0.1) is 5.69 Å². The third-order valence-corrected chi connectivity index (χ3v) is 6.95. The minimum Gasteiger partial charge on any atom is -0.389 e. The van der Waals surface area contributed by atoms with Gasteiger partial charge in [-0.1, -0.05) is 35.2 Å². The Kier molecular flexibility index (Phi) is 7.27. The van der Waals surface area contributed by atoms with Crippen LogP contribution in [-0.2, 0) is 11.3 Å². The van der Waals surface area contributed by atoms with Crippen LogP contribution in [0.15, 0.2) is 73.1 Å². The van der Waals surface area contributed by atoms with E-state index in [2.05, 4.69) is 30.9 Å². The molecule has 0 unspecified atom stereocenters. The van der Waals surface area contributed by atoms with Gasteiger partial charge in [-0.25, -0.2) is 9.97 Å². The maximum Gasteiger partial charge on any atom is 0.272 e. The maximum atomic E-state index is 13.5. The molecule has 1 saturated heterocycles. The van der Waals surface area contributed by atoms with E-state index in [4.69, 9.17) is 9.57 Å². The quantitative estimate of drug-likeness (QED) is 0.308. The van der Waals surface area contributed by atoms with Crippen molar-refractivity contribution in [2.24, 2.45) is 5.92 Å². The second kappa shape index (κ2) is 11.5. The second-order valence-electron chi connectivity index (χ2n) is 9.52. The van der Waals surface area contributed by atoms with Crippen LogP contribution in [0.4, 0.5) is 5.69 Å². The molecule has 40 heavy (non-hydrogen) atoms. The number of ether oxygens (including phenoxy) is 1. The van der Waals surface area contributed by atoms with E-state index in [0.717, 1.165) is 29.2 Å². The molecule has 5 aromatic rings. The van der Waals surface area contributed by atoms with Gasteiger partial charge >= 0.3 is 0 Å². The molecule has 4 heterocycles. The van der Waals surface area contributed by atoms with Crippen molar-refractivity contribution in [1.82, 2.24) is 30.4 Å². The predicted octanol–water partition coefficient (Wildman–Crippen LogP) is 3.41. The molecule has 11 heteroatoms. The summed E-state index contributed by atoms with van der Waals surface area (Å²) in [4.78, 5) is 42.1. The Morgan fingerprint density at radius 2 is 1.73 bits per heavy atom. The highest BCUT2D eigenvalue weighted by Gasteiger charge is 2.20. The van der Waals surface area contributed by atoms with Crippen LogP contribution in [-0.4, -0.2) is 56.7 Å². The van der Waals surface area contributed by atoms with Crippen LogP contribution in [0.5, 0.6) is 0 Å². The van der Waals surface area contributed by atoms with Gasteiger partial charge in [0.15, 0.2) is 5.69 Å². The van der Waals surface area contributed by atoms with Crippen LogP contribution in [0.1, 0.15) is 39.3 Å². The van der Waals surface area contributed by atoms with E-state index in [1.807, 2.05) is 36.4 Å². The number of amides is 2. The molecule has 0 atom stereocenters. The van der Waals surface area contributed by atoms with E-state index in [0.29, 0.717) is 48.1 Å². The van der Waals surface area contributed by atoms with E-state index in [1.54, 1.807) is 30.5 Å². The van der Waals surface area contributed by atoms with Crippen molar-refractivity contribution >= 4 is 39.4 Å². The van der Waals surface area contributed by atoms with E-state index < -0.39 is 0 Å². The molecule has 2 aromatic carbocycles. The number of pyridine rings is 2. The highest BCUT2D eigenvalue weighted by molar-refractivity contribution is 6.15. The average Bonchev–Trinajstić information content (AvgIpc) is 3.42. The third kappa shape index (κ3) is 5.32. The van der Waals surface area contributed by atoms with Crippen LogP contribution in [0.3, 0.4) is 0 Å². The smallest absolute Gasteiger partial charge is 0.272 e. The largest absolute Gasteiger partial charge is 0.389 e. The summed E-state index contributed by atoms with van der Waals surface area (Å²) in [6.07, 6.45) is 5.01. The number of hydrogen-bond donors (Lipinski definition) is 2. The first-order valence-corrected chi connectivity index (χ1v) is 13.1. The minimum absolute atomic E-state index is 0.172. The van der Waals surface area contributed by atoms with Crippen molar-refractivity contribution in [3.8, 4) is 0 Å². The standard InChI is InChI=1S/C29H27N7O4/c37-28(33-24-7-3-13-30-26(24)29(38)32-17-19-11-15-39-16-12-19)23-10-9-20(21-5-1-2-6-22(21)23)18-40-36-27-25(34-35-36)8-4-14-31-27/h1-10,13-14,19H,11-12,15-18H2,(H,32,38)(H,33,37). The number of fused-ring (bicyclic) bond motifs is 2. The molecule has 11 nitrogen and oxygen atoms in total. The monoisotopic (exact) mass is 537 g/mol. The lowest BCUT2D eigenvalue weighted by atomic mass is 9.99. The van der Waals surface area contributed by atoms with Gasteiger partial charge in [-0.05, 0) is 70.6 Å². The molecule has 0 spiro atoms. The zero-order valence-corrected chi connectivity index (χ0v) is 21.6. The number of carbonyl (C=O) groups excluding carboxylic acids is 2. The van der Waals surface area contributed by atoms with E-state index in [-0.39, 0.29) is 24.1 Å². The molecule has 1 aliphatic heterocycles. The molecule has 3 aromatic heterocycles. The van der Waals surface area contributed by atoms with E-state index in [9.17, 15) is 9.59 Å². The normalized spacial score (nSPS) is 13.8. The molecule has 6 rings (SSSR count). The summed E-state index contributed by atoms with van der Waals surface area (Å²) in [5, 5.41) is 15.5. The van der Waals surface area contributed by atoms with Gasteiger partial charge < -0.3 is 20.2 Å². The molecule has 2 N–H and O–H groups in total. The number of aromatic nitrogens is 5. The minimum atomic E-state index is -0.346. The van der Waals surface area contributed by atoms with E-state index in [1.165, 1.54) is 11.0 Å². The summed E-state index contributed by atoms with van der Waals surface area (Å²) in [5.74, 6) is -0.302. The first-order chi connectivity index (χ1) is 19.7. The van der Waals surface area contributed by atoms with Crippen molar-refractivity contribution < 1.29 is 19.2 Å².